The standard InChI is InChI=1S/C19H17FN4O/c1-12-3-7-16(8-4-12)23-19-21-13(2)11-17(24-19)18(25)22-15-9-5-14(20)6-10-15/h3-11H,1-2H3,(H,22,25)(H,21,23,24). The zero-order chi connectivity index (χ0) is 17.8. The summed E-state index contributed by atoms with van der Waals surface area (Å²) in [7, 11) is 0. The van der Waals surface area contributed by atoms with Crippen LogP contribution in [0.25, 0.3) is 0 Å². The number of anilines is 3. The number of carbonyl (C=O) groups is 1. The third-order valence-corrected chi connectivity index (χ3v) is 3.50. The van der Waals surface area contributed by atoms with Crippen LogP contribution in [0.2, 0.25) is 0 Å². The third kappa shape index (κ3) is 4.38. The van der Waals surface area contributed by atoms with E-state index < -0.39 is 0 Å². The molecule has 6 heteroatoms. The molecular weight excluding hydrogens is 319 g/mol. The molecule has 0 spiro atoms. The first kappa shape index (κ1) is 16.6. The topological polar surface area (TPSA) is 66.9 Å². The Hall–Kier alpha value is -3.28. The Kier molecular flexibility index (Phi) is 4.70. The molecular formula is C19H17FN4O. The lowest BCUT2D eigenvalue weighted by Crippen LogP contribution is -2.15. The molecule has 5 nitrogen and oxygen atoms in total. The van der Waals surface area contributed by atoms with E-state index in [0.717, 1.165) is 11.3 Å². The second kappa shape index (κ2) is 7.09. The Morgan fingerprint density at radius 3 is 2.24 bits per heavy atom. The van der Waals surface area contributed by atoms with Crippen LogP contribution in [0.4, 0.5) is 21.7 Å². The first-order chi connectivity index (χ1) is 12.0. The van der Waals surface area contributed by atoms with Gasteiger partial charge in [-0.1, -0.05) is 17.7 Å². The maximum absolute atomic E-state index is 12.9. The van der Waals surface area contributed by atoms with Crippen molar-refractivity contribution in [1.82, 2.24) is 9.97 Å². The first-order valence-electron chi connectivity index (χ1n) is 7.76. The minimum atomic E-state index is -0.385. The predicted octanol–water partition coefficient (Wildman–Crippen LogP) is 4.23. The van der Waals surface area contributed by atoms with Gasteiger partial charge in [0.1, 0.15) is 11.5 Å². The fourth-order valence-electron chi connectivity index (χ4n) is 2.24. The van der Waals surface area contributed by atoms with Crippen molar-refractivity contribution in [1.29, 1.82) is 0 Å². The highest BCUT2D eigenvalue weighted by Crippen LogP contribution is 2.16. The molecule has 0 saturated heterocycles. The zero-order valence-electron chi connectivity index (χ0n) is 13.9. The van der Waals surface area contributed by atoms with E-state index in [9.17, 15) is 9.18 Å². The lowest BCUT2D eigenvalue weighted by atomic mass is 10.2. The van der Waals surface area contributed by atoms with Gasteiger partial charge in [0.05, 0.1) is 0 Å². The smallest absolute Gasteiger partial charge is 0.274 e. The Morgan fingerprint density at radius 1 is 0.920 bits per heavy atom. The van der Waals surface area contributed by atoms with Crippen LogP contribution in [0.15, 0.2) is 54.6 Å². The average Bonchev–Trinajstić information content (AvgIpc) is 2.58. The van der Waals surface area contributed by atoms with Crippen LogP contribution in [0, 0.1) is 19.7 Å². The van der Waals surface area contributed by atoms with Crippen molar-refractivity contribution in [2.24, 2.45) is 0 Å². The van der Waals surface area contributed by atoms with Crippen LogP contribution in [0.1, 0.15) is 21.7 Å². The van der Waals surface area contributed by atoms with E-state index in [1.54, 1.807) is 13.0 Å². The Labute approximate surface area is 145 Å². The van der Waals surface area contributed by atoms with Crippen molar-refractivity contribution in [3.8, 4) is 0 Å². The van der Waals surface area contributed by atoms with Crippen molar-refractivity contribution in [3.63, 3.8) is 0 Å². The van der Waals surface area contributed by atoms with E-state index in [4.69, 9.17) is 0 Å². The Bertz CT molecular complexity index is 892. The molecule has 1 amide bonds. The first-order valence-corrected chi connectivity index (χ1v) is 7.76. The van der Waals surface area contributed by atoms with Gasteiger partial charge in [-0.3, -0.25) is 4.79 Å². The van der Waals surface area contributed by atoms with Gasteiger partial charge in [-0.05, 0) is 56.3 Å². The van der Waals surface area contributed by atoms with Gasteiger partial charge in [-0.15, -0.1) is 0 Å². The number of benzene rings is 2. The summed E-state index contributed by atoms with van der Waals surface area (Å²) in [5.74, 6) is -0.405. The van der Waals surface area contributed by atoms with Crippen LogP contribution in [0.5, 0.6) is 0 Å². The number of amides is 1. The molecule has 0 saturated carbocycles. The van der Waals surface area contributed by atoms with Crippen LogP contribution in [0.3, 0.4) is 0 Å². The molecule has 25 heavy (non-hydrogen) atoms. The van der Waals surface area contributed by atoms with E-state index in [1.807, 2.05) is 31.2 Å². The summed E-state index contributed by atoms with van der Waals surface area (Å²) in [6.45, 7) is 3.79. The normalized spacial score (nSPS) is 10.4. The Balaban J connectivity index is 1.79. The summed E-state index contributed by atoms with van der Waals surface area (Å²) in [5.41, 5.74) is 3.37. The molecule has 0 atom stereocenters. The van der Waals surface area contributed by atoms with E-state index in [1.165, 1.54) is 24.3 Å². The largest absolute Gasteiger partial charge is 0.324 e. The number of aromatic nitrogens is 2. The summed E-state index contributed by atoms with van der Waals surface area (Å²) >= 11 is 0. The van der Waals surface area contributed by atoms with Crippen molar-refractivity contribution < 1.29 is 9.18 Å². The van der Waals surface area contributed by atoms with Gasteiger partial charge >= 0.3 is 0 Å². The maximum Gasteiger partial charge on any atom is 0.274 e. The summed E-state index contributed by atoms with van der Waals surface area (Å²) in [6, 6.07) is 14.9. The molecule has 1 aromatic heterocycles. The van der Waals surface area contributed by atoms with E-state index >= 15 is 0 Å². The molecule has 0 bridgehead atoms. The van der Waals surface area contributed by atoms with Crippen LogP contribution in [-0.2, 0) is 0 Å². The van der Waals surface area contributed by atoms with Crippen LogP contribution >= 0.6 is 0 Å². The Morgan fingerprint density at radius 2 is 1.56 bits per heavy atom. The molecule has 0 radical (unpaired) electrons. The van der Waals surface area contributed by atoms with Crippen molar-refractivity contribution in [2.45, 2.75) is 13.8 Å². The van der Waals surface area contributed by atoms with Gasteiger partial charge in [-0.2, -0.15) is 0 Å². The second-order valence-electron chi connectivity index (χ2n) is 5.67. The molecule has 3 aromatic rings. The highest BCUT2D eigenvalue weighted by Gasteiger charge is 2.11. The molecule has 3 rings (SSSR count). The highest BCUT2D eigenvalue weighted by molar-refractivity contribution is 6.03. The molecule has 0 fully saturated rings. The number of hydrogen-bond acceptors (Lipinski definition) is 4. The summed E-state index contributed by atoms with van der Waals surface area (Å²) < 4.78 is 12.9. The van der Waals surface area contributed by atoms with Gasteiger partial charge in [-0.25, -0.2) is 14.4 Å². The monoisotopic (exact) mass is 336 g/mol. The number of halogens is 1. The molecule has 2 N–H and O–H groups in total. The predicted molar refractivity (Wildman–Crippen MR) is 95.6 cm³/mol. The SMILES string of the molecule is Cc1ccc(Nc2nc(C)cc(C(=O)Nc3ccc(F)cc3)n2)cc1. The fourth-order valence-corrected chi connectivity index (χ4v) is 2.24. The quantitative estimate of drug-likeness (QED) is 0.748. The van der Waals surface area contributed by atoms with Crippen LogP contribution in [-0.4, -0.2) is 15.9 Å². The van der Waals surface area contributed by atoms with Crippen molar-refractivity contribution >= 4 is 23.2 Å². The van der Waals surface area contributed by atoms with Gasteiger partial charge in [0.15, 0.2) is 0 Å². The van der Waals surface area contributed by atoms with E-state index in [-0.39, 0.29) is 17.4 Å². The molecule has 0 aliphatic carbocycles. The summed E-state index contributed by atoms with van der Waals surface area (Å²) in [4.78, 5) is 20.9. The summed E-state index contributed by atoms with van der Waals surface area (Å²) in [6.07, 6.45) is 0. The zero-order valence-corrected chi connectivity index (χ0v) is 13.9. The number of carbonyl (C=O) groups excluding carboxylic acids is 1. The molecule has 1 heterocycles. The van der Waals surface area contributed by atoms with E-state index in [2.05, 4.69) is 20.6 Å². The number of rotatable bonds is 4. The number of aryl methyl sites for hydroxylation is 2. The molecule has 0 unspecified atom stereocenters. The average molecular weight is 336 g/mol. The van der Waals surface area contributed by atoms with Crippen molar-refractivity contribution in [3.05, 3.63) is 77.4 Å². The van der Waals surface area contributed by atoms with Gasteiger partial charge < -0.3 is 10.6 Å². The highest BCUT2D eigenvalue weighted by atomic mass is 19.1. The number of hydrogen-bond donors (Lipinski definition) is 2. The van der Waals surface area contributed by atoms with Gasteiger partial charge in [0.25, 0.3) is 5.91 Å². The third-order valence-electron chi connectivity index (χ3n) is 3.50. The number of nitrogens with one attached hydrogen (secondary N) is 2. The minimum Gasteiger partial charge on any atom is -0.324 e. The van der Waals surface area contributed by atoms with Gasteiger partial charge in [0.2, 0.25) is 5.95 Å². The number of nitrogens with zero attached hydrogens (tertiary/aromatic N) is 2. The summed E-state index contributed by atoms with van der Waals surface area (Å²) in [5, 5.41) is 5.77. The second-order valence-corrected chi connectivity index (χ2v) is 5.67. The van der Waals surface area contributed by atoms with E-state index in [0.29, 0.717) is 17.3 Å². The lowest BCUT2D eigenvalue weighted by molar-refractivity contribution is 0.102. The van der Waals surface area contributed by atoms with Crippen LogP contribution < -0.4 is 10.6 Å². The minimum absolute atomic E-state index is 0.228. The fraction of sp³-hybridized carbons (Fsp3) is 0.105. The van der Waals surface area contributed by atoms with Gasteiger partial charge in [0, 0.05) is 17.1 Å². The maximum atomic E-state index is 12.9. The molecule has 0 aliphatic rings. The molecule has 0 aliphatic heterocycles. The lowest BCUT2D eigenvalue weighted by Gasteiger charge is -2.09. The molecule has 126 valence electrons. The van der Waals surface area contributed by atoms with Crippen molar-refractivity contribution in [2.75, 3.05) is 10.6 Å². The molecule has 2 aromatic carbocycles.